The quantitative estimate of drug-likeness (QED) is 0.439. The van der Waals surface area contributed by atoms with E-state index in [9.17, 15) is 0 Å². The third kappa shape index (κ3) is 1.90. The monoisotopic (exact) mass is 271 g/mol. The van der Waals surface area contributed by atoms with Crippen LogP contribution < -0.4 is 28.5 Å². The highest BCUT2D eigenvalue weighted by Crippen LogP contribution is 2.04. The average molecular weight is 271 g/mol. The molecule has 0 saturated heterocycles. The van der Waals surface area contributed by atoms with Crippen molar-refractivity contribution >= 4 is 11.3 Å². The molecule has 0 saturated carbocycles. The van der Waals surface area contributed by atoms with E-state index < -0.39 is 0 Å². The Labute approximate surface area is 81.5 Å². The summed E-state index contributed by atoms with van der Waals surface area (Å²) in [6, 6.07) is 0. The number of hydrogen-bond donors (Lipinski definition) is 1. The standard InChI is InChI=1S/C6H10NOS.HI/c1-5-4-9-6(3-8)7(5)2;/h4,8H,3H2,1-2H3;1H/q+1;/p-1. The van der Waals surface area contributed by atoms with Crippen LogP contribution in [-0.2, 0) is 13.7 Å². The fourth-order valence-electron chi connectivity index (χ4n) is 0.651. The van der Waals surface area contributed by atoms with Gasteiger partial charge in [0.15, 0.2) is 5.69 Å². The number of hydrogen-bond acceptors (Lipinski definition) is 2. The van der Waals surface area contributed by atoms with Gasteiger partial charge >= 0.3 is 0 Å². The van der Waals surface area contributed by atoms with E-state index in [1.165, 1.54) is 5.69 Å². The molecule has 0 radical (unpaired) electrons. The van der Waals surface area contributed by atoms with Crippen molar-refractivity contribution < 1.29 is 33.7 Å². The molecule has 1 aromatic heterocycles. The zero-order chi connectivity index (χ0) is 6.85. The van der Waals surface area contributed by atoms with Gasteiger partial charge in [0, 0.05) is 6.92 Å². The third-order valence-electron chi connectivity index (χ3n) is 1.40. The first-order valence-electron chi connectivity index (χ1n) is 2.79. The Morgan fingerprint density at radius 2 is 2.30 bits per heavy atom. The van der Waals surface area contributed by atoms with Crippen molar-refractivity contribution in [3.8, 4) is 0 Å². The molecule has 1 N–H and O–H groups in total. The maximum Gasteiger partial charge on any atom is 0.263 e. The third-order valence-corrected chi connectivity index (χ3v) is 2.54. The van der Waals surface area contributed by atoms with Crippen LogP contribution in [0.4, 0.5) is 0 Å². The van der Waals surface area contributed by atoms with Crippen molar-refractivity contribution in [2.45, 2.75) is 13.5 Å². The zero-order valence-electron chi connectivity index (χ0n) is 5.97. The van der Waals surface area contributed by atoms with Crippen LogP contribution in [0, 0.1) is 6.92 Å². The summed E-state index contributed by atoms with van der Waals surface area (Å²) in [5, 5.41) is 11.8. The van der Waals surface area contributed by atoms with Gasteiger partial charge in [0.25, 0.3) is 5.01 Å². The molecular weight excluding hydrogens is 261 g/mol. The van der Waals surface area contributed by atoms with Gasteiger partial charge in [-0.2, -0.15) is 4.57 Å². The first kappa shape index (κ1) is 10.3. The Bertz CT molecular complexity index is 212. The molecule has 0 spiro atoms. The molecular formula is C6H10INOS. The molecule has 58 valence electrons. The lowest BCUT2D eigenvalue weighted by Gasteiger charge is -1.85. The molecule has 10 heavy (non-hydrogen) atoms. The average Bonchev–Trinajstić information content (AvgIpc) is 2.15. The number of aryl methyl sites for hydroxylation is 1. The van der Waals surface area contributed by atoms with Crippen molar-refractivity contribution in [1.82, 2.24) is 0 Å². The minimum Gasteiger partial charge on any atom is -1.00 e. The number of aliphatic hydroxyl groups is 1. The molecule has 0 amide bonds. The first-order chi connectivity index (χ1) is 4.25. The van der Waals surface area contributed by atoms with Crippen LogP contribution in [0.1, 0.15) is 10.7 Å². The Balaban J connectivity index is 0.000000810. The summed E-state index contributed by atoms with van der Waals surface area (Å²) in [5.74, 6) is 0. The van der Waals surface area contributed by atoms with Gasteiger partial charge in [-0.25, -0.2) is 0 Å². The normalized spacial score (nSPS) is 9.10. The highest BCUT2D eigenvalue weighted by Gasteiger charge is 2.09. The highest BCUT2D eigenvalue weighted by atomic mass is 127. The second-order valence-corrected chi connectivity index (χ2v) is 2.93. The van der Waals surface area contributed by atoms with E-state index in [1.807, 2.05) is 23.9 Å². The van der Waals surface area contributed by atoms with Gasteiger partial charge < -0.3 is 29.1 Å². The number of rotatable bonds is 1. The van der Waals surface area contributed by atoms with E-state index in [0.717, 1.165) is 5.01 Å². The van der Waals surface area contributed by atoms with E-state index in [4.69, 9.17) is 5.11 Å². The molecule has 1 rings (SSSR count). The molecule has 1 heterocycles. The summed E-state index contributed by atoms with van der Waals surface area (Å²) < 4.78 is 1.99. The smallest absolute Gasteiger partial charge is 0.263 e. The molecule has 0 bridgehead atoms. The van der Waals surface area contributed by atoms with Crippen LogP contribution in [-0.4, -0.2) is 5.11 Å². The second kappa shape index (κ2) is 4.25. The molecule has 0 aliphatic rings. The number of aliphatic hydroxyl groups excluding tert-OH is 1. The van der Waals surface area contributed by atoms with Crippen molar-refractivity contribution in [2.24, 2.45) is 7.05 Å². The van der Waals surface area contributed by atoms with Gasteiger partial charge in [-0.1, -0.05) is 11.3 Å². The summed E-state index contributed by atoms with van der Waals surface area (Å²) in [7, 11) is 1.96. The van der Waals surface area contributed by atoms with Crippen LogP contribution in [0.15, 0.2) is 5.38 Å². The van der Waals surface area contributed by atoms with Crippen LogP contribution in [0.2, 0.25) is 0 Å². The van der Waals surface area contributed by atoms with E-state index in [-0.39, 0.29) is 30.6 Å². The Morgan fingerprint density at radius 3 is 2.50 bits per heavy atom. The molecule has 0 unspecified atom stereocenters. The first-order valence-corrected chi connectivity index (χ1v) is 3.67. The van der Waals surface area contributed by atoms with Crippen molar-refractivity contribution in [3.05, 3.63) is 16.1 Å². The molecule has 0 aromatic carbocycles. The van der Waals surface area contributed by atoms with Crippen molar-refractivity contribution in [3.63, 3.8) is 0 Å². The Morgan fingerprint density at radius 1 is 1.70 bits per heavy atom. The van der Waals surface area contributed by atoms with Crippen LogP contribution in [0.25, 0.3) is 0 Å². The maximum absolute atomic E-state index is 8.72. The molecule has 1 aromatic rings. The summed E-state index contributed by atoms with van der Waals surface area (Å²) in [5.41, 5.74) is 1.20. The molecule has 2 nitrogen and oxygen atoms in total. The minimum atomic E-state index is 0. The lowest BCUT2D eigenvalue weighted by Crippen LogP contribution is -3.00. The number of aromatic nitrogens is 1. The van der Waals surface area contributed by atoms with Crippen LogP contribution in [0.3, 0.4) is 0 Å². The van der Waals surface area contributed by atoms with Crippen molar-refractivity contribution in [2.75, 3.05) is 0 Å². The molecule has 0 aliphatic heterocycles. The molecule has 0 aliphatic carbocycles. The van der Waals surface area contributed by atoms with Gasteiger partial charge in [0.1, 0.15) is 13.7 Å². The Kier molecular flexibility index (Phi) is 4.39. The van der Waals surface area contributed by atoms with Gasteiger partial charge in [-0.3, -0.25) is 0 Å². The van der Waals surface area contributed by atoms with Crippen molar-refractivity contribution in [1.29, 1.82) is 0 Å². The van der Waals surface area contributed by atoms with E-state index in [2.05, 4.69) is 0 Å². The maximum atomic E-state index is 8.72. The summed E-state index contributed by atoms with van der Waals surface area (Å²) in [4.78, 5) is 0. The molecule has 0 fully saturated rings. The minimum absolute atomic E-state index is 0. The number of thiazole rings is 1. The predicted octanol–water partition coefficient (Wildman–Crippen LogP) is -2.62. The number of halogens is 1. The summed E-state index contributed by atoms with van der Waals surface area (Å²) >= 11 is 1.59. The van der Waals surface area contributed by atoms with Crippen LogP contribution >= 0.6 is 11.3 Å². The predicted molar refractivity (Wildman–Crippen MR) is 36.2 cm³/mol. The van der Waals surface area contributed by atoms with Gasteiger partial charge in [0.05, 0.1) is 5.38 Å². The van der Waals surface area contributed by atoms with Gasteiger partial charge in [-0.15, -0.1) is 0 Å². The van der Waals surface area contributed by atoms with Gasteiger partial charge in [0.2, 0.25) is 0 Å². The highest BCUT2D eigenvalue weighted by molar-refractivity contribution is 7.09. The lowest BCUT2D eigenvalue weighted by atomic mass is 10.5. The van der Waals surface area contributed by atoms with Gasteiger partial charge in [-0.05, 0) is 0 Å². The van der Waals surface area contributed by atoms with E-state index >= 15 is 0 Å². The number of nitrogens with zero attached hydrogens (tertiary/aromatic N) is 1. The van der Waals surface area contributed by atoms with E-state index in [1.54, 1.807) is 11.3 Å². The fraction of sp³-hybridized carbons (Fsp3) is 0.500. The second-order valence-electron chi connectivity index (χ2n) is 1.99. The SMILES string of the molecule is Cc1csc(CO)[n+]1C.[I-]. The Hall–Kier alpha value is 0.320. The fourth-order valence-corrected chi connectivity index (χ4v) is 1.49. The topological polar surface area (TPSA) is 24.1 Å². The van der Waals surface area contributed by atoms with Crippen LogP contribution in [0.5, 0.6) is 0 Å². The molecule has 0 atom stereocenters. The van der Waals surface area contributed by atoms with E-state index in [0.29, 0.717) is 0 Å². The lowest BCUT2D eigenvalue weighted by molar-refractivity contribution is -0.681. The summed E-state index contributed by atoms with van der Waals surface area (Å²) in [6.45, 7) is 2.17. The summed E-state index contributed by atoms with van der Waals surface area (Å²) in [6.07, 6.45) is 0. The molecule has 4 heteroatoms. The zero-order valence-corrected chi connectivity index (χ0v) is 8.94. The largest absolute Gasteiger partial charge is 1.00 e.